The predicted molar refractivity (Wildman–Crippen MR) is 149 cm³/mol. The predicted octanol–water partition coefficient (Wildman–Crippen LogP) is 6.30. The monoisotopic (exact) mass is 530 g/mol. The van der Waals surface area contributed by atoms with Crippen LogP contribution < -0.4 is 18.9 Å². The van der Waals surface area contributed by atoms with Crippen molar-refractivity contribution in [2.75, 3.05) is 13.2 Å². The molecule has 7 rings (SSSR count). The highest BCUT2D eigenvalue weighted by atomic mass is 16.5. The molecule has 0 amide bonds. The molecule has 0 unspecified atom stereocenters. The van der Waals surface area contributed by atoms with Crippen LogP contribution in [-0.4, -0.2) is 25.0 Å². The topological polar surface area (TPSA) is 71.1 Å². The van der Waals surface area contributed by atoms with E-state index in [2.05, 4.69) is 12.1 Å². The number of rotatable bonds is 6. The van der Waals surface area contributed by atoms with E-state index in [9.17, 15) is 9.59 Å². The van der Waals surface area contributed by atoms with E-state index >= 15 is 0 Å². The van der Waals surface area contributed by atoms with Crippen LogP contribution in [0.4, 0.5) is 0 Å². The van der Waals surface area contributed by atoms with Crippen molar-refractivity contribution in [2.24, 2.45) is 0 Å². The molecule has 6 nitrogen and oxygen atoms in total. The highest BCUT2D eigenvalue weighted by molar-refractivity contribution is 6.15. The molecule has 1 atom stereocenters. The Morgan fingerprint density at radius 3 is 2.60 bits per heavy atom. The standard InChI is InChI=1S/C34H26O6/c35-31-20-26(24-8-4-5-9-28(24)38-16-14-22-10-12-27-23(18-22)15-17-37-27)32-29(39-31)13-11-25-33(36)30(40-34(25)32)19-21-6-2-1-3-7-21/h1-13,18-19,26H,14-17,20H2/b30-19-/t26-/m1/s1. The van der Waals surface area contributed by atoms with E-state index in [1.54, 1.807) is 18.2 Å². The molecular formula is C34H26O6. The van der Waals surface area contributed by atoms with Gasteiger partial charge in [-0.2, -0.15) is 0 Å². The fraction of sp³-hybridized carbons (Fsp3) is 0.176. The summed E-state index contributed by atoms with van der Waals surface area (Å²) >= 11 is 0. The van der Waals surface area contributed by atoms with Gasteiger partial charge in [-0.15, -0.1) is 0 Å². The summed E-state index contributed by atoms with van der Waals surface area (Å²) in [5, 5.41) is 0. The highest BCUT2D eigenvalue weighted by Gasteiger charge is 2.39. The first-order valence-corrected chi connectivity index (χ1v) is 13.5. The number of esters is 1. The summed E-state index contributed by atoms with van der Waals surface area (Å²) in [7, 11) is 0. The third-order valence-corrected chi connectivity index (χ3v) is 7.57. The number of hydrogen-bond donors (Lipinski definition) is 0. The van der Waals surface area contributed by atoms with Crippen molar-refractivity contribution in [1.29, 1.82) is 0 Å². The van der Waals surface area contributed by atoms with Gasteiger partial charge in [0.1, 0.15) is 23.0 Å². The Bertz CT molecular complexity index is 1670. The lowest BCUT2D eigenvalue weighted by Gasteiger charge is -2.27. The molecule has 0 aromatic heterocycles. The number of ketones is 1. The van der Waals surface area contributed by atoms with E-state index in [1.165, 1.54) is 11.1 Å². The SMILES string of the molecule is O=C1C[C@H](c2ccccc2OCCc2ccc3c(c2)CCO3)c2c(ccc3c2O/C(=C\c2ccccc2)C3=O)O1. The zero-order valence-electron chi connectivity index (χ0n) is 21.7. The number of allylic oxidation sites excluding steroid dienone is 1. The summed E-state index contributed by atoms with van der Waals surface area (Å²) < 4.78 is 23.7. The van der Waals surface area contributed by atoms with E-state index < -0.39 is 0 Å². The Hall–Kier alpha value is -4.84. The number of carbonyl (C=O) groups is 2. The average Bonchev–Trinajstić information content (AvgIpc) is 3.57. The van der Waals surface area contributed by atoms with Gasteiger partial charge in [-0.05, 0) is 47.0 Å². The van der Waals surface area contributed by atoms with Gasteiger partial charge in [0, 0.05) is 29.9 Å². The Kier molecular flexibility index (Phi) is 6.08. The lowest BCUT2D eigenvalue weighted by atomic mass is 9.84. The number of ether oxygens (including phenoxy) is 4. The second kappa shape index (κ2) is 10.0. The zero-order chi connectivity index (χ0) is 27.1. The molecule has 0 aliphatic carbocycles. The van der Waals surface area contributed by atoms with Gasteiger partial charge in [-0.3, -0.25) is 9.59 Å². The Balaban J connectivity index is 1.19. The van der Waals surface area contributed by atoms with Crippen LogP contribution in [-0.2, 0) is 17.6 Å². The summed E-state index contributed by atoms with van der Waals surface area (Å²) in [6.45, 7) is 1.21. The lowest BCUT2D eigenvalue weighted by molar-refractivity contribution is -0.135. The Morgan fingerprint density at radius 2 is 1.70 bits per heavy atom. The van der Waals surface area contributed by atoms with Crippen LogP contribution >= 0.6 is 0 Å². The van der Waals surface area contributed by atoms with Crippen LogP contribution in [0.3, 0.4) is 0 Å². The third kappa shape index (κ3) is 4.41. The summed E-state index contributed by atoms with van der Waals surface area (Å²) in [6.07, 6.45) is 3.53. The van der Waals surface area contributed by atoms with E-state index in [1.807, 2.05) is 60.7 Å². The van der Waals surface area contributed by atoms with Gasteiger partial charge in [0.2, 0.25) is 5.78 Å². The maximum absolute atomic E-state index is 13.3. The third-order valence-electron chi connectivity index (χ3n) is 7.57. The number of Topliss-reactive ketones (excluding diaryl/α,β-unsaturated/α-hetero) is 1. The normalized spacial score (nSPS) is 17.9. The van der Waals surface area contributed by atoms with Crippen molar-refractivity contribution in [1.82, 2.24) is 0 Å². The van der Waals surface area contributed by atoms with Crippen molar-refractivity contribution < 1.29 is 28.5 Å². The van der Waals surface area contributed by atoms with Gasteiger partial charge in [-0.1, -0.05) is 60.7 Å². The van der Waals surface area contributed by atoms with E-state index in [0.29, 0.717) is 35.0 Å². The van der Waals surface area contributed by atoms with Crippen molar-refractivity contribution in [3.05, 3.63) is 124 Å². The number of para-hydroxylation sites is 1. The molecule has 4 aromatic carbocycles. The Labute approximate surface area is 231 Å². The summed E-state index contributed by atoms with van der Waals surface area (Å²) in [5.41, 5.74) is 5.30. The minimum atomic E-state index is -0.386. The molecule has 6 heteroatoms. The van der Waals surface area contributed by atoms with Gasteiger partial charge in [0.05, 0.1) is 25.2 Å². The average molecular weight is 531 g/mol. The first-order chi connectivity index (χ1) is 19.6. The van der Waals surface area contributed by atoms with E-state index in [0.717, 1.165) is 36.3 Å². The smallest absolute Gasteiger partial charge is 0.312 e. The molecule has 3 aliphatic rings. The molecule has 0 bridgehead atoms. The van der Waals surface area contributed by atoms with Crippen molar-refractivity contribution in [3.8, 4) is 23.0 Å². The van der Waals surface area contributed by atoms with Crippen LogP contribution in [0.25, 0.3) is 6.08 Å². The first-order valence-electron chi connectivity index (χ1n) is 13.5. The fourth-order valence-corrected chi connectivity index (χ4v) is 5.65. The van der Waals surface area contributed by atoms with Crippen LogP contribution in [0.1, 0.15) is 50.5 Å². The zero-order valence-corrected chi connectivity index (χ0v) is 21.7. The molecular weight excluding hydrogens is 504 g/mol. The van der Waals surface area contributed by atoms with E-state index in [4.69, 9.17) is 18.9 Å². The van der Waals surface area contributed by atoms with Crippen LogP contribution in [0.15, 0.2) is 90.7 Å². The maximum atomic E-state index is 13.3. The number of fused-ring (bicyclic) bond motifs is 4. The lowest BCUT2D eigenvalue weighted by Crippen LogP contribution is -2.22. The maximum Gasteiger partial charge on any atom is 0.312 e. The van der Waals surface area contributed by atoms with Gasteiger partial charge >= 0.3 is 5.97 Å². The molecule has 3 heterocycles. The summed E-state index contributed by atoms with van der Waals surface area (Å²) in [4.78, 5) is 26.0. The van der Waals surface area contributed by atoms with Crippen LogP contribution in [0.5, 0.6) is 23.0 Å². The largest absolute Gasteiger partial charge is 0.493 e. The molecule has 3 aliphatic heterocycles. The summed E-state index contributed by atoms with van der Waals surface area (Å²) in [5.74, 6) is 1.84. The van der Waals surface area contributed by atoms with Crippen molar-refractivity contribution >= 4 is 17.8 Å². The molecule has 0 saturated carbocycles. The molecule has 4 aromatic rings. The molecule has 0 fully saturated rings. The minimum Gasteiger partial charge on any atom is -0.493 e. The number of hydrogen-bond acceptors (Lipinski definition) is 6. The molecule has 0 spiro atoms. The number of benzene rings is 4. The fourth-order valence-electron chi connectivity index (χ4n) is 5.65. The Morgan fingerprint density at radius 1 is 0.875 bits per heavy atom. The van der Waals surface area contributed by atoms with Gasteiger partial charge < -0.3 is 18.9 Å². The minimum absolute atomic E-state index is 0.115. The first kappa shape index (κ1) is 24.2. The molecule has 0 saturated heterocycles. The molecule has 40 heavy (non-hydrogen) atoms. The highest BCUT2D eigenvalue weighted by Crippen LogP contribution is 2.50. The van der Waals surface area contributed by atoms with Gasteiger partial charge in [0.25, 0.3) is 0 Å². The van der Waals surface area contributed by atoms with Gasteiger partial charge in [-0.25, -0.2) is 0 Å². The van der Waals surface area contributed by atoms with Crippen molar-refractivity contribution in [3.63, 3.8) is 0 Å². The second-order valence-corrected chi connectivity index (χ2v) is 10.1. The van der Waals surface area contributed by atoms with E-state index in [-0.39, 0.29) is 29.9 Å². The number of carbonyl (C=O) groups excluding carboxylic acids is 2. The molecule has 0 N–H and O–H groups in total. The quantitative estimate of drug-likeness (QED) is 0.166. The summed E-state index contributed by atoms with van der Waals surface area (Å²) in [6, 6.07) is 26.9. The van der Waals surface area contributed by atoms with Crippen molar-refractivity contribution in [2.45, 2.75) is 25.2 Å². The molecule has 198 valence electrons. The second-order valence-electron chi connectivity index (χ2n) is 10.1. The van der Waals surface area contributed by atoms with Crippen LogP contribution in [0, 0.1) is 0 Å². The van der Waals surface area contributed by atoms with Gasteiger partial charge in [0.15, 0.2) is 5.76 Å². The van der Waals surface area contributed by atoms with Crippen LogP contribution in [0.2, 0.25) is 0 Å². The molecule has 0 radical (unpaired) electrons.